The predicted molar refractivity (Wildman–Crippen MR) is 193 cm³/mol. The molecule has 0 saturated heterocycles. The SMILES string of the molecule is Cc1cccc(NC(=O)C(Sc2ccc(NC(=O)/C(=C/c3ccc(N(C)C)cc3)NC(=O)c3ccccc3)cc2)c2ccccc2)c1. The molecule has 0 heterocycles. The highest BCUT2D eigenvalue weighted by Crippen LogP contribution is 2.37. The number of anilines is 3. The molecule has 0 aliphatic rings. The van der Waals surface area contributed by atoms with Crippen LogP contribution in [0.25, 0.3) is 6.08 Å². The molecule has 5 aromatic carbocycles. The van der Waals surface area contributed by atoms with E-state index in [4.69, 9.17) is 0 Å². The quantitative estimate of drug-likeness (QED) is 0.101. The van der Waals surface area contributed by atoms with Crippen LogP contribution in [0.1, 0.15) is 32.3 Å². The molecule has 0 aromatic heterocycles. The van der Waals surface area contributed by atoms with E-state index in [2.05, 4.69) is 16.0 Å². The fourth-order valence-electron chi connectivity index (χ4n) is 4.76. The Morgan fingerprint density at radius 1 is 0.702 bits per heavy atom. The van der Waals surface area contributed by atoms with Crippen molar-refractivity contribution in [3.8, 4) is 0 Å². The molecule has 8 heteroatoms. The Bertz CT molecular complexity index is 1860. The fourth-order valence-corrected chi connectivity index (χ4v) is 5.79. The Kier molecular flexibility index (Phi) is 10.9. The molecule has 236 valence electrons. The van der Waals surface area contributed by atoms with Crippen molar-refractivity contribution >= 4 is 52.6 Å². The van der Waals surface area contributed by atoms with E-state index in [1.807, 2.05) is 123 Å². The van der Waals surface area contributed by atoms with Gasteiger partial charge in [0.2, 0.25) is 5.91 Å². The van der Waals surface area contributed by atoms with Crippen molar-refractivity contribution in [2.24, 2.45) is 0 Å². The van der Waals surface area contributed by atoms with E-state index in [1.165, 1.54) is 11.8 Å². The first-order valence-electron chi connectivity index (χ1n) is 15.1. The molecule has 0 saturated carbocycles. The minimum Gasteiger partial charge on any atom is -0.378 e. The minimum absolute atomic E-state index is 0.104. The summed E-state index contributed by atoms with van der Waals surface area (Å²) in [5, 5.41) is 8.23. The van der Waals surface area contributed by atoms with Crippen LogP contribution in [0.4, 0.5) is 17.1 Å². The molecule has 0 aliphatic carbocycles. The van der Waals surface area contributed by atoms with Crippen molar-refractivity contribution in [2.45, 2.75) is 17.1 Å². The Balaban J connectivity index is 1.33. The van der Waals surface area contributed by atoms with Crippen LogP contribution in [0.2, 0.25) is 0 Å². The van der Waals surface area contributed by atoms with Gasteiger partial charge < -0.3 is 20.9 Å². The van der Waals surface area contributed by atoms with Gasteiger partial charge in [0.1, 0.15) is 10.9 Å². The van der Waals surface area contributed by atoms with Gasteiger partial charge in [0.15, 0.2) is 0 Å². The van der Waals surface area contributed by atoms with Crippen molar-refractivity contribution in [1.29, 1.82) is 0 Å². The summed E-state index contributed by atoms with van der Waals surface area (Å²) in [6.45, 7) is 1.98. The first kappa shape index (κ1) is 32.8. The lowest BCUT2D eigenvalue weighted by Crippen LogP contribution is -2.30. The van der Waals surface area contributed by atoms with Crippen LogP contribution in [-0.2, 0) is 9.59 Å². The number of nitrogens with one attached hydrogen (secondary N) is 3. The maximum Gasteiger partial charge on any atom is 0.272 e. The van der Waals surface area contributed by atoms with Crippen molar-refractivity contribution in [3.63, 3.8) is 0 Å². The molecule has 47 heavy (non-hydrogen) atoms. The second kappa shape index (κ2) is 15.6. The topological polar surface area (TPSA) is 90.5 Å². The maximum absolute atomic E-state index is 13.5. The Morgan fingerprint density at radius 2 is 1.36 bits per heavy atom. The highest BCUT2D eigenvalue weighted by molar-refractivity contribution is 8.00. The van der Waals surface area contributed by atoms with Crippen molar-refractivity contribution in [1.82, 2.24) is 5.32 Å². The van der Waals surface area contributed by atoms with Gasteiger partial charge in [-0.15, -0.1) is 11.8 Å². The number of hydrogen-bond donors (Lipinski definition) is 3. The number of hydrogen-bond acceptors (Lipinski definition) is 5. The summed E-state index contributed by atoms with van der Waals surface area (Å²) in [6.07, 6.45) is 1.65. The van der Waals surface area contributed by atoms with E-state index >= 15 is 0 Å². The summed E-state index contributed by atoms with van der Waals surface area (Å²) < 4.78 is 0. The lowest BCUT2D eigenvalue weighted by Gasteiger charge is -2.18. The minimum atomic E-state index is -0.501. The number of carbonyl (C=O) groups is 3. The van der Waals surface area contributed by atoms with Gasteiger partial charge in [-0.1, -0.05) is 72.8 Å². The zero-order valence-electron chi connectivity index (χ0n) is 26.4. The molecule has 0 aliphatic heterocycles. The third-order valence-electron chi connectivity index (χ3n) is 7.24. The number of benzene rings is 5. The summed E-state index contributed by atoms with van der Waals surface area (Å²) in [6, 6.07) is 41.0. The predicted octanol–water partition coefficient (Wildman–Crippen LogP) is 7.94. The van der Waals surface area contributed by atoms with Gasteiger partial charge >= 0.3 is 0 Å². The molecule has 5 rings (SSSR count). The highest BCUT2D eigenvalue weighted by atomic mass is 32.2. The van der Waals surface area contributed by atoms with Gasteiger partial charge in [-0.05, 0) is 90.4 Å². The summed E-state index contributed by atoms with van der Waals surface area (Å²) in [5.41, 5.74) is 5.54. The van der Waals surface area contributed by atoms with Crippen LogP contribution in [-0.4, -0.2) is 31.8 Å². The van der Waals surface area contributed by atoms with E-state index < -0.39 is 11.2 Å². The lowest BCUT2D eigenvalue weighted by atomic mass is 10.1. The average molecular weight is 641 g/mol. The number of carbonyl (C=O) groups excluding carboxylic acids is 3. The van der Waals surface area contributed by atoms with Crippen molar-refractivity contribution < 1.29 is 14.4 Å². The smallest absolute Gasteiger partial charge is 0.272 e. The van der Waals surface area contributed by atoms with Gasteiger partial charge in [0.05, 0.1) is 0 Å². The van der Waals surface area contributed by atoms with Crippen LogP contribution < -0.4 is 20.9 Å². The third-order valence-corrected chi connectivity index (χ3v) is 8.51. The molecule has 0 bridgehead atoms. The average Bonchev–Trinajstić information content (AvgIpc) is 3.08. The zero-order valence-corrected chi connectivity index (χ0v) is 27.3. The van der Waals surface area contributed by atoms with Gasteiger partial charge in [0, 0.05) is 41.6 Å². The van der Waals surface area contributed by atoms with Crippen LogP contribution in [0.5, 0.6) is 0 Å². The maximum atomic E-state index is 13.5. The van der Waals surface area contributed by atoms with Crippen LogP contribution in [0.3, 0.4) is 0 Å². The molecule has 0 fully saturated rings. The second-order valence-corrected chi connectivity index (χ2v) is 12.3. The zero-order chi connectivity index (χ0) is 33.2. The van der Waals surface area contributed by atoms with E-state index in [-0.39, 0.29) is 17.5 Å². The summed E-state index contributed by atoms with van der Waals surface area (Å²) in [5.74, 6) is -0.989. The molecule has 1 atom stereocenters. The Hall–Kier alpha value is -5.60. The molecular formula is C39H36N4O3S. The Morgan fingerprint density at radius 3 is 2.00 bits per heavy atom. The van der Waals surface area contributed by atoms with Crippen LogP contribution in [0, 0.1) is 6.92 Å². The Labute approximate surface area is 279 Å². The molecule has 7 nitrogen and oxygen atoms in total. The fraction of sp³-hybridized carbons (Fsp3) is 0.103. The number of thioether (sulfide) groups is 1. The number of nitrogens with zero attached hydrogens (tertiary/aromatic N) is 1. The van der Waals surface area contributed by atoms with Crippen molar-refractivity contribution in [3.05, 3.63) is 161 Å². The summed E-state index contributed by atoms with van der Waals surface area (Å²) in [7, 11) is 3.91. The van der Waals surface area contributed by atoms with Gasteiger partial charge in [0.25, 0.3) is 11.8 Å². The first-order valence-corrected chi connectivity index (χ1v) is 16.0. The van der Waals surface area contributed by atoms with Crippen LogP contribution >= 0.6 is 11.8 Å². The monoisotopic (exact) mass is 640 g/mol. The number of rotatable bonds is 11. The van der Waals surface area contributed by atoms with E-state index in [1.54, 1.807) is 42.5 Å². The highest BCUT2D eigenvalue weighted by Gasteiger charge is 2.22. The summed E-state index contributed by atoms with van der Waals surface area (Å²) >= 11 is 1.42. The molecule has 5 aromatic rings. The van der Waals surface area contributed by atoms with Crippen molar-refractivity contribution in [2.75, 3.05) is 29.6 Å². The molecule has 3 amide bonds. The lowest BCUT2D eigenvalue weighted by molar-refractivity contribution is -0.116. The normalized spacial score (nSPS) is 11.7. The molecule has 1 unspecified atom stereocenters. The standard InChI is InChI=1S/C39H36N4O3S/c1-27-11-10-16-32(25-27)41-39(46)36(29-12-6-4-7-13-29)47-34-23-19-31(20-24-34)40-38(45)35(42-37(44)30-14-8-5-9-15-30)26-28-17-21-33(22-18-28)43(2)3/h4-26,36H,1-3H3,(H,40,45)(H,41,46)(H,42,44)/b35-26-. The second-order valence-electron chi connectivity index (χ2n) is 11.1. The summed E-state index contributed by atoms with van der Waals surface area (Å²) in [4.78, 5) is 42.9. The number of aryl methyl sites for hydroxylation is 1. The van der Waals surface area contributed by atoms with Crippen LogP contribution in [0.15, 0.2) is 144 Å². The largest absolute Gasteiger partial charge is 0.378 e. The molecule has 0 spiro atoms. The molecule has 0 radical (unpaired) electrons. The first-order chi connectivity index (χ1) is 22.7. The van der Waals surface area contributed by atoms with E-state index in [9.17, 15) is 14.4 Å². The molecular weight excluding hydrogens is 605 g/mol. The number of amides is 3. The van der Waals surface area contributed by atoms with E-state index in [0.717, 1.165) is 33.0 Å². The van der Waals surface area contributed by atoms with E-state index in [0.29, 0.717) is 11.3 Å². The third kappa shape index (κ3) is 9.22. The van der Waals surface area contributed by atoms with Gasteiger partial charge in [-0.25, -0.2) is 0 Å². The van der Waals surface area contributed by atoms with Gasteiger partial charge in [-0.3, -0.25) is 14.4 Å². The molecule has 3 N–H and O–H groups in total. The van der Waals surface area contributed by atoms with Gasteiger partial charge in [-0.2, -0.15) is 0 Å².